The van der Waals surface area contributed by atoms with Crippen LogP contribution in [-0.2, 0) is 0 Å². The van der Waals surface area contributed by atoms with Crippen LogP contribution in [0.3, 0.4) is 0 Å². The Labute approximate surface area is 114 Å². The number of hydrogen-bond donors (Lipinski definition) is 0. The molecule has 0 amide bonds. The van der Waals surface area contributed by atoms with Crippen molar-refractivity contribution in [2.45, 2.75) is 0 Å². The number of nitrogens with zero attached hydrogens (tertiary/aromatic N) is 1. The van der Waals surface area contributed by atoms with Crippen LogP contribution in [0, 0.1) is 10.1 Å². The number of ether oxygens (including phenoxy) is 1. The van der Waals surface area contributed by atoms with E-state index in [1.54, 1.807) is 30.4 Å². The lowest BCUT2D eigenvalue weighted by Crippen LogP contribution is -1.98. The van der Waals surface area contributed by atoms with Gasteiger partial charge in [0.25, 0.3) is 5.69 Å². The third-order valence-electron chi connectivity index (χ3n) is 2.52. The van der Waals surface area contributed by atoms with Gasteiger partial charge in [-0.3, -0.25) is 10.1 Å². The summed E-state index contributed by atoms with van der Waals surface area (Å²) in [4.78, 5) is 21.4. The number of hydrogen-bond acceptors (Lipinski definition) is 5. The number of methoxy groups -OCH3 is 1. The SMILES string of the molecule is COc1cc(/C=C/c2cccc([N+](=O)[O-])c2)oc(=O)c1. The Bertz CT molecular complexity index is 717. The van der Waals surface area contributed by atoms with Crippen LogP contribution >= 0.6 is 0 Å². The maximum Gasteiger partial charge on any atom is 0.339 e. The van der Waals surface area contributed by atoms with Crippen molar-refractivity contribution in [1.82, 2.24) is 0 Å². The second kappa shape index (κ2) is 5.83. The highest BCUT2D eigenvalue weighted by atomic mass is 16.6. The highest BCUT2D eigenvalue weighted by Gasteiger charge is 2.04. The summed E-state index contributed by atoms with van der Waals surface area (Å²) in [6.07, 6.45) is 3.16. The molecule has 0 fully saturated rings. The molecule has 1 heterocycles. The zero-order valence-corrected chi connectivity index (χ0v) is 10.6. The van der Waals surface area contributed by atoms with Crippen molar-refractivity contribution in [1.29, 1.82) is 0 Å². The fourth-order valence-electron chi connectivity index (χ4n) is 1.59. The zero-order chi connectivity index (χ0) is 14.5. The van der Waals surface area contributed by atoms with Crippen molar-refractivity contribution in [2.24, 2.45) is 0 Å². The van der Waals surface area contributed by atoms with Crippen LogP contribution in [0.15, 0.2) is 45.6 Å². The average molecular weight is 273 g/mol. The molecule has 0 bridgehead atoms. The number of nitro benzene ring substituents is 1. The lowest BCUT2D eigenvalue weighted by atomic mass is 10.2. The molecular formula is C14H11NO5. The maximum absolute atomic E-state index is 11.3. The fourth-order valence-corrected chi connectivity index (χ4v) is 1.59. The molecule has 0 unspecified atom stereocenters. The predicted octanol–water partition coefficient (Wildman–Crippen LogP) is 2.73. The first kappa shape index (κ1) is 13.5. The largest absolute Gasteiger partial charge is 0.496 e. The Kier molecular flexibility index (Phi) is 3.95. The second-order valence-corrected chi connectivity index (χ2v) is 3.90. The van der Waals surface area contributed by atoms with E-state index in [1.165, 1.54) is 25.3 Å². The Hall–Kier alpha value is -2.89. The summed E-state index contributed by atoms with van der Waals surface area (Å²) < 4.78 is 9.92. The van der Waals surface area contributed by atoms with E-state index >= 15 is 0 Å². The van der Waals surface area contributed by atoms with Gasteiger partial charge in [0.1, 0.15) is 11.5 Å². The molecule has 0 radical (unpaired) electrons. The average Bonchev–Trinajstić information content (AvgIpc) is 2.44. The Morgan fingerprint density at radius 3 is 2.75 bits per heavy atom. The van der Waals surface area contributed by atoms with Gasteiger partial charge in [-0.1, -0.05) is 18.2 Å². The molecule has 0 spiro atoms. The molecule has 0 atom stereocenters. The van der Waals surface area contributed by atoms with Gasteiger partial charge in [0.2, 0.25) is 0 Å². The molecule has 1 aromatic heterocycles. The summed E-state index contributed by atoms with van der Waals surface area (Å²) in [6, 6.07) is 8.90. The molecule has 2 rings (SSSR count). The molecule has 0 aliphatic rings. The number of rotatable bonds is 4. The minimum Gasteiger partial charge on any atom is -0.496 e. The molecule has 20 heavy (non-hydrogen) atoms. The second-order valence-electron chi connectivity index (χ2n) is 3.90. The summed E-state index contributed by atoms with van der Waals surface area (Å²) in [6.45, 7) is 0. The summed E-state index contributed by atoms with van der Waals surface area (Å²) >= 11 is 0. The minimum absolute atomic E-state index is 0.000699. The molecular weight excluding hydrogens is 262 g/mol. The third-order valence-corrected chi connectivity index (χ3v) is 2.52. The van der Waals surface area contributed by atoms with Gasteiger partial charge in [0.15, 0.2) is 0 Å². The molecule has 0 aliphatic heterocycles. The molecule has 6 heteroatoms. The van der Waals surface area contributed by atoms with E-state index in [1.807, 2.05) is 0 Å². The molecule has 0 saturated carbocycles. The Morgan fingerprint density at radius 2 is 2.05 bits per heavy atom. The van der Waals surface area contributed by atoms with Crippen molar-refractivity contribution in [3.8, 4) is 5.75 Å². The summed E-state index contributed by atoms with van der Waals surface area (Å²) in [5.41, 5.74) is 0.104. The standard InChI is InChI=1S/C14H11NO5/c1-19-13-8-12(20-14(16)9-13)6-5-10-3-2-4-11(7-10)15(17)18/h2-9H,1H3/b6-5+. The van der Waals surface area contributed by atoms with Gasteiger partial charge in [-0.05, 0) is 11.6 Å². The molecule has 0 N–H and O–H groups in total. The van der Waals surface area contributed by atoms with Crippen molar-refractivity contribution < 1.29 is 14.1 Å². The summed E-state index contributed by atoms with van der Waals surface area (Å²) in [5.74, 6) is 0.695. The lowest BCUT2D eigenvalue weighted by Gasteiger charge is -1.99. The summed E-state index contributed by atoms with van der Waals surface area (Å²) in [5, 5.41) is 10.7. The van der Waals surface area contributed by atoms with Crippen LogP contribution < -0.4 is 10.4 Å². The van der Waals surface area contributed by atoms with Crippen molar-refractivity contribution in [3.05, 3.63) is 68.3 Å². The van der Waals surface area contributed by atoms with E-state index in [2.05, 4.69) is 0 Å². The van der Waals surface area contributed by atoms with Gasteiger partial charge in [-0.15, -0.1) is 0 Å². The first-order chi connectivity index (χ1) is 9.58. The molecule has 2 aromatic rings. The lowest BCUT2D eigenvalue weighted by molar-refractivity contribution is -0.384. The Morgan fingerprint density at radius 1 is 1.25 bits per heavy atom. The number of non-ortho nitro benzene ring substituents is 1. The molecule has 6 nitrogen and oxygen atoms in total. The number of benzene rings is 1. The minimum atomic E-state index is -0.525. The first-order valence-corrected chi connectivity index (χ1v) is 5.70. The van der Waals surface area contributed by atoms with Gasteiger partial charge in [0.05, 0.1) is 18.1 Å². The van der Waals surface area contributed by atoms with Crippen LogP contribution in [0.5, 0.6) is 5.75 Å². The summed E-state index contributed by atoms with van der Waals surface area (Å²) in [7, 11) is 1.45. The Balaban J connectivity index is 2.29. The number of nitro groups is 1. The van der Waals surface area contributed by atoms with E-state index < -0.39 is 10.5 Å². The van der Waals surface area contributed by atoms with E-state index in [4.69, 9.17) is 9.15 Å². The monoisotopic (exact) mass is 273 g/mol. The first-order valence-electron chi connectivity index (χ1n) is 5.70. The highest BCUT2D eigenvalue weighted by Crippen LogP contribution is 2.16. The van der Waals surface area contributed by atoms with Crippen LogP contribution in [0.2, 0.25) is 0 Å². The topological polar surface area (TPSA) is 82.6 Å². The van der Waals surface area contributed by atoms with Gasteiger partial charge in [-0.25, -0.2) is 4.79 Å². The molecule has 0 aliphatic carbocycles. The fraction of sp³-hybridized carbons (Fsp3) is 0.0714. The maximum atomic E-state index is 11.3. The normalized spacial score (nSPS) is 10.7. The smallest absolute Gasteiger partial charge is 0.339 e. The van der Waals surface area contributed by atoms with E-state index in [9.17, 15) is 14.9 Å². The predicted molar refractivity (Wildman–Crippen MR) is 73.6 cm³/mol. The third kappa shape index (κ3) is 3.32. The van der Waals surface area contributed by atoms with E-state index in [0.717, 1.165) is 0 Å². The zero-order valence-electron chi connectivity index (χ0n) is 10.6. The molecule has 0 saturated heterocycles. The van der Waals surface area contributed by atoms with Gasteiger partial charge >= 0.3 is 5.63 Å². The quantitative estimate of drug-likeness (QED) is 0.631. The van der Waals surface area contributed by atoms with E-state index in [0.29, 0.717) is 17.1 Å². The van der Waals surface area contributed by atoms with Crippen LogP contribution in [0.4, 0.5) is 5.69 Å². The van der Waals surface area contributed by atoms with Crippen molar-refractivity contribution >= 4 is 17.8 Å². The van der Waals surface area contributed by atoms with Crippen LogP contribution in [0.25, 0.3) is 12.2 Å². The van der Waals surface area contributed by atoms with Crippen LogP contribution in [0.1, 0.15) is 11.3 Å². The van der Waals surface area contributed by atoms with Gasteiger partial charge in [0, 0.05) is 18.2 Å². The van der Waals surface area contributed by atoms with Crippen LogP contribution in [-0.4, -0.2) is 12.0 Å². The van der Waals surface area contributed by atoms with Crippen molar-refractivity contribution in [2.75, 3.05) is 7.11 Å². The van der Waals surface area contributed by atoms with Crippen molar-refractivity contribution in [3.63, 3.8) is 0 Å². The highest BCUT2D eigenvalue weighted by molar-refractivity contribution is 5.68. The molecule has 102 valence electrons. The van der Waals surface area contributed by atoms with Gasteiger partial charge in [-0.2, -0.15) is 0 Å². The van der Waals surface area contributed by atoms with E-state index in [-0.39, 0.29) is 5.69 Å². The molecule has 1 aromatic carbocycles. The van der Waals surface area contributed by atoms with Gasteiger partial charge < -0.3 is 9.15 Å².